The van der Waals surface area contributed by atoms with E-state index in [0.29, 0.717) is 6.04 Å². The van der Waals surface area contributed by atoms with Gasteiger partial charge in [-0.15, -0.1) is 0 Å². The Balaban J connectivity index is 1.78. The monoisotopic (exact) mass is 220 g/mol. The summed E-state index contributed by atoms with van der Waals surface area (Å²) >= 11 is 0. The van der Waals surface area contributed by atoms with Gasteiger partial charge in [0.25, 0.3) is 0 Å². The summed E-state index contributed by atoms with van der Waals surface area (Å²) in [4.78, 5) is 4.17. The van der Waals surface area contributed by atoms with Crippen LogP contribution in [0.1, 0.15) is 24.4 Å². The van der Waals surface area contributed by atoms with Crippen LogP contribution in [0, 0.1) is 0 Å². The van der Waals surface area contributed by atoms with Gasteiger partial charge in [-0.3, -0.25) is 4.68 Å². The van der Waals surface area contributed by atoms with E-state index in [1.165, 1.54) is 0 Å². The molecule has 1 N–H and O–H groups in total. The molecule has 2 rings (SSSR count). The second kappa shape index (κ2) is 4.94. The molecular weight excluding hydrogens is 204 g/mol. The Bertz CT molecular complexity index is 421. The summed E-state index contributed by atoms with van der Waals surface area (Å²) in [6.07, 6.45) is 5.91. The van der Waals surface area contributed by atoms with Crippen molar-refractivity contribution in [3.05, 3.63) is 36.3 Å². The lowest BCUT2D eigenvalue weighted by Crippen LogP contribution is -2.22. The molecule has 2 aromatic rings. The largest absolute Gasteiger partial charge is 0.472 e. The predicted octanol–water partition coefficient (Wildman–Crippen LogP) is 1.30. The molecule has 16 heavy (non-hydrogen) atoms. The Morgan fingerprint density at radius 1 is 1.56 bits per heavy atom. The van der Waals surface area contributed by atoms with Crippen LogP contribution in [0.3, 0.4) is 0 Å². The van der Waals surface area contributed by atoms with E-state index < -0.39 is 0 Å². The van der Waals surface area contributed by atoms with Crippen molar-refractivity contribution in [3.63, 3.8) is 0 Å². The average Bonchev–Trinajstić information content (AvgIpc) is 2.90. The van der Waals surface area contributed by atoms with Crippen LogP contribution in [-0.4, -0.2) is 21.3 Å². The fraction of sp³-hybridized carbons (Fsp3) is 0.455. The van der Waals surface area contributed by atoms with Crippen LogP contribution >= 0.6 is 0 Å². The first-order valence-corrected chi connectivity index (χ1v) is 5.35. The lowest BCUT2D eigenvalue weighted by atomic mass is 10.2. The number of aromatic nitrogens is 3. The molecular formula is C11H16N4O. The van der Waals surface area contributed by atoms with Crippen LogP contribution in [-0.2, 0) is 13.5 Å². The molecule has 0 saturated carbocycles. The summed E-state index contributed by atoms with van der Waals surface area (Å²) in [6.45, 7) is 2.99. The number of furan rings is 1. The van der Waals surface area contributed by atoms with E-state index in [1.807, 2.05) is 13.1 Å². The number of nitrogens with one attached hydrogen (secondary N) is 1. The maximum absolute atomic E-state index is 5.04. The fourth-order valence-electron chi connectivity index (χ4n) is 1.59. The van der Waals surface area contributed by atoms with Gasteiger partial charge in [-0.1, -0.05) is 0 Å². The van der Waals surface area contributed by atoms with Crippen LogP contribution in [0.25, 0.3) is 0 Å². The molecule has 0 aliphatic heterocycles. The molecule has 2 aromatic heterocycles. The van der Waals surface area contributed by atoms with Crippen molar-refractivity contribution in [3.8, 4) is 0 Å². The Morgan fingerprint density at radius 2 is 2.44 bits per heavy atom. The van der Waals surface area contributed by atoms with Gasteiger partial charge in [-0.25, -0.2) is 4.98 Å². The van der Waals surface area contributed by atoms with E-state index >= 15 is 0 Å². The number of nitrogens with zero attached hydrogens (tertiary/aromatic N) is 3. The fourth-order valence-corrected chi connectivity index (χ4v) is 1.59. The van der Waals surface area contributed by atoms with E-state index in [1.54, 1.807) is 23.5 Å². The van der Waals surface area contributed by atoms with E-state index in [0.717, 1.165) is 24.4 Å². The van der Waals surface area contributed by atoms with Crippen LogP contribution < -0.4 is 5.32 Å². The summed E-state index contributed by atoms with van der Waals surface area (Å²) in [6, 6.07) is 2.27. The molecule has 0 amide bonds. The molecule has 0 bridgehead atoms. The summed E-state index contributed by atoms with van der Waals surface area (Å²) in [5.41, 5.74) is 1.16. The second-order valence-electron chi connectivity index (χ2n) is 3.78. The third-order valence-electron chi connectivity index (χ3n) is 2.65. The SMILES string of the molecule is CC(NCCc1ncnn1C)c1ccoc1. The first kappa shape index (κ1) is 10.9. The maximum Gasteiger partial charge on any atom is 0.138 e. The molecule has 0 saturated heterocycles. The number of hydrogen-bond acceptors (Lipinski definition) is 4. The Hall–Kier alpha value is -1.62. The molecule has 0 fully saturated rings. The lowest BCUT2D eigenvalue weighted by molar-refractivity contribution is 0.534. The van der Waals surface area contributed by atoms with Crippen molar-refractivity contribution in [1.29, 1.82) is 0 Å². The van der Waals surface area contributed by atoms with Crippen molar-refractivity contribution >= 4 is 0 Å². The first-order valence-electron chi connectivity index (χ1n) is 5.35. The quantitative estimate of drug-likeness (QED) is 0.825. The van der Waals surface area contributed by atoms with E-state index in [9.17, 15) is 0 Å². The Morgan fingerprint density at radius 3 is 3.06 bits per heavy atom. The minimum absolute atomic E-state index is 0.298. The van der Waals surface area contributed by atoms with Crippen LogP contribution in [0.5, 0.6) is 0 Å². The molecule has 0 aromatic carbocycles. The second-order valence-corrected chi connectivity index (χ2v) is 3.78. The molecule has 2 heterocycles. The molecule has 0 aliphatic carbocycles. The molecule has 1 atom stereocenters. The van der Waals surface area contributed by atoms with Gasteiger partial charge in [-0.05, 0) is 13.0 Å². The Labute approximate surface area is 94.5 Å². The minimum atomic E-state index is 0.298. The molecule has 0 radical (unpaired) electrons. The van der Waals surface area contributed by atoms with Crippen molar-refractivity contribution in [2.45, 2.75) is 19.4 Å². The highest BCUT2D eigenvalue weighted by Gasteiger charge is 2.06. The van der Waals surface area contributed by atoms with Crippen LogP contribution in [0.15, 0.2) is 29.3 Å². The highest BCUT2D eigenvalue weighted by molar-refractivity contribution is 5.10. The standard InChI is InChI=1S/C11H16N4O/c1-9(10-4-6-16-7-10)12-5-3-11-13-8-14-15(11)2/h4,6-9,12H,3,5H2,1-2H3. The number of hydrogen-bond donors (Lipinski definition) is 1. The highest BCUT2D eigenvalue weighted by Crippen LogP contribution is 2.11. The zero-order chi connectivity index (χ0) is 11.4. The van der Waals surface area contributed by atoms with Crippen LogP contribution in [0.2, 0.25) is 0 Å². The molecule has 0 aliphatic rings. The smallest absolute Gasteiger partial charge is 0.138 e. The topological polar surface area (TPSA) is 55.9 Å². The van der Waals surface area contributed by atoms with Gasteiger partial charge in [0.05, 0.1) is 12.5 Å². The van der Waals surface area contributed by atoms with Gasteiger partial charge in [0.2, 0.25) is 0 Å². The summed E-state index contributed by atoms with van der Waals surface area (Å²) in [5.74, 6) is 0.992. The zero-order valence-electron chi connectivity index (χ0n) is 9.55. The van der Waals surface area contributed by atoms with Gasteiger partial charge >= 0.3 is 0 Å². The lowest BCUT2D eigenvalue weighted by Gasteiger charge is -2.11. The van der Waals surface area contributed by atoms with Crippen LogP contribution in [0.4, 0.5) is 0 Å². The van der Waals surface area contributed by atoms with E-state index in [2.05, 4.69) is 22.3 Å². The summed E-state index contributed by atoms with van der Waals surface area (Å²) < 4.78 is 6.84. The molecule has 86 valence electrons. The average molecular weight is 220 g/mol. The Kier molecular flexibility index (Phi) is 3.36. The third-order valence-corrected chi connectivity index (χ3v) is 2.65. The molecule has 0 spiro atoms. The third kappa shape index (κ3) is 2.49. The maximum atomic E-state index is 5.04. The van der Waals surface area contributed by atoms with Gasteiger partial charge in [-0.2, -0.15) is 5.10 Å². The molecule has 5 nitrogen and oxygen atoms in total. The van der Waals surface area contributed by atoms with Gasteiger partial charge in [0.15, 0.2) is 0 Å². The highest BCUT2D eigenvalue weighted by atomic mass is 16.3. The number of aryl methyl sites for hydroxylation is 1. The van der Waals surface area contributed by atoms with Crippen molar-refractivity contribution in [2.75, 3.05) is 6.54 Å². The predicted molar refractivity (Wildman–Crippen MR) is 59.8 cm³/mol. The van der Waals surface area contributed by atoms with Gasteiger partial charge in [0, 0.05) is 31.6 Å². The van der Waals surface area contributed by atoms with Gasteiger partial charge < -0.3 is 9.73 Å². The summed E-state index contributed by atoms with van der Waals surface area (Å²) in [7, 11) is 1.90. The van der Waals surface area contributed by atoms with Crippen molar-refractivity contribution < 1.29 is 4.42 Å². The minimum Gasteiger partial charge on any atom is -0.472 e. The van der Waals surface area contributed by atoms with E-state index in [-0.39, 0.29) is 0 Å². The summed E-state index contributed by atoms with van der Waals surface area (Å²) in [5, 5.41) is 7.44. The number of rotatable bonds is 5. The van der Waals surface area contributed by atoms with E-state index in [4.69, 9.17) is 4.42 Å². The normalized spacial score (nSPS) is 12.9. The zero-order valence-corrected chi connectivity index (χ0v) is 9.55. The molecule has 5 heteroatoms. The molecule has 1 unspecified atom stereocenters. The first-order chi connectivity index (χ1) is 7.77. The van der Waals surface area contributed by atoms with Gasteiger partial charge in [0.1, 0.15) is 12.2 Å². The van der Waals surface area contributed by atoms with Crippen molar-refractivity contribution in [2.24, 2.45) is 7.05 Å². The van der Waals surface area contributed by atoms with Crippen molar-refractivity contribution in [1.82, 2.24) is 20.1 Å².